The van der Waals surface area contributed by atoms with Gasteiger partial charge in [0.05, 0.1) is 30.7 Å². The number of aliphatic hydroxyl groups is 1. The van der Waals surface area contributed by atoms with Gasteiger partial charge < -0.3 is 10.4 Å². The first kappa shape index (κ1) is 16.3. The molecule has 0 spiro atoms. The van der Waals surface area contributed by atoms with Gasteiger partial charge in [0.2, 0.25) is 0 Å². The van der Waals surface area contributed by atoms with Crippen LogP contribution in [0.25, 0.3) is 0 Å². The Labute approximate surface area is 125 Å². The molecular weight excluding hydrogens is 299 g/mol. The summed E-state index contributed by atoms with van der Waals surface area (Å²) in [5, 5.41) is 20.0. The fourth-order valence-electron chi connectivity index (χ4n) is 2.22. The molecule has 2 N–H and O–H groups in total. The van der Waals surface area contributed by atoms with E-state index in [0.717, 1.165) is 21.6 Å². The minimum absolute atomic E-state index is 0.000951. The number of aryl methyl sites for hydroxylation is 1. The van der Waals surface area contributed by atoms with Crippen LogP contribution >= 0.6 is 0 Å². The van der Waals surface area contributed by atoms with E-state index in [1.54, 1.807) is 4.68 Å². The van der Waals surface area contributed by atoms with Crippen molar-refractivity contribution >= 4 is 5.69 Å². The Morgan fingerprint density at radius 2 is 2.05 bits per heavy atom. The molecule has 0 radical (unpaired) electrons. The third kappa shape index (κ3) is 4.00. The fraction of sp³-hybridized carbons (Fsp3) is 0.538. The monoisotopic (exact) mass is 317 g/mol. The molecule has 22 heavy (non-hydrogen) atoms. The summed E-state index contributed by atoms with van der Waals surface area (Å²) in [4.78, 5) is 0. The molecule has 122 valence electrons. The van der Waals surface area contributed by atoms with E-state index in [-0.39, 0.29) is 6.61 Å². The quantitative estimate of drug-likeness (QED) is 0.853. The van der Waals surface area contributed by atoms with Crippen molar-refractivity contribution in [1.82, 2.24) is 19.6 Å². The molecule has 2 aromatic rings. The summed E-state index contributed by atoms with van der Waals surface area (Å²) < 4.78 is 39.4. The molecule has 0 atom stereocenters. The summed E-state index contributed by atoms with van der Waals surface area (Å²) in [5.74, 6) is 0. The van der Waals surface area contributed by atoms with Crippen LogP contribution in [0.3, 0.4) is 0 Å². The van der Waals surface area contributed by atoms with Gasteiger partial charge in [-0.1, -0.05) is 0 Å². The van der Waals surface area contributed by atoms with Crippen molar-refractivity contribution in [2.75, 3.05) is 11.9 Å². The zero-order chi connectivity index (χ0) is 16.3. The number of aromatic nitrogens is 4. The van der Waals surface area contributed by atoms with Crippen LogP contribution in [0.4, 0.5) is 18.9 Å². The van der Waals surface area contributed by atoms with Crippen molar-refractivity contribution in [2.45, 2.75) is 39.7 Å². The molecule has 0 fully saturated rings. The lowest BCUT2D eigenvalue weighted by atomic mass is 10.2. The van der Waals surface area contributed by atoms with Crippen molar-refractivity contribution in [2.24, 2.45) is 0 Å². The van der Waals surface area contributed by atoms with Gasteiger partial charge in [0, 0.05) is 24.0 Å². The van der Waals surface area contributed by atoms with Gasteiger partial charge in [-0.15, -0.1) is 0 Å². The van der Waals surface area contributed by atoms with Crippen molar-refractivity contribution in [3.05, 3.63) is 29.3 Å². The molecule has 0 saturated carbocycles. The molecule has 0 aliphatic heterocycles. The van der Waals surface area contributed by atoms with E-state index in [4.69, 9.17) is 5.11 Å². The van der Waals surface area contributed by atoms with Gasteiger partial charge in [0.1, 0.15) is 6.54 Å². The highest BCUT2D eigenvalue weighted by molar-refractivity contribution is 5.40. The first-order valence-corrected chi connectivity index (χ1v) is 6.77. The molecular formula is C13H18F3N5O. The van der Waals surface area contributed by atoms with Crippen LogP contribution in [-0.2, 0) is 19.6 Å². The minimum Gasteiger partial charge on any atom is -0.394 e. The summed E-state index contributed by atoms with van der Waals surface area (Å²) in [6.45, 7) is 3.47. The smallest absolute Gasteiger partial charge is 0.394 e. The summed E-state index contributed by atoms with van der Waals surface area (Å²) in [6, 6.07) is 0. The number of nitrogens with zero attached hydrogens (tertiary/aromatic N) is 4. The number of anilines is 1. The molecule has 0 bridgehead atoms. The van der Waals surface area contributed by atoms with Gasteiger partial charge in [-0.3, -0.25) is 9.36 Å². The van der Waals surface area contributed by atoms with Crippen LogP contribution in [0.5, 0.6) is 0 Å². The number of halogens is 3. The Balaban J connectivity index is 2.02. The highest BCUT2D eigenvalue weighted by Crippen LogP contribution is 2.19. The third-order valence-electron chi connectivity index (χ3n) is 3.29. The van der Waals surface area contributed by atoms with Crippen LogP contribution < -0.4 is 5.32 Å². The van der Waals surface area contributed by atoms with Crippen molar-refractivity contribution in [1.29, 1.82) is 0 Å². The fourth-order valence-corrected chi connectivity index (χ4v) is 2.22. The van der Waals surface area contributed by atoms with Gasteiger partial charge in [-0.05, 0) is 13.8 Å². The van der Waals surface area contributed by atoms with Crippen molar-refractivity contribution in [3.63, 3.8) is 0 Å². The van der Waals surface area contributed by atoms with Crippen LogP contribution in [0.15, 0.2) is 12.4 Å². The largest absolute Gasteiger partial charge is 0.408 e. The van der Waals surface area contributed by atoms with Crippen LogP contribution in [0, 0.1) is 13.8 Å². The van der Waals surface area contributed by atoms with Crippen molar-refractivity contribution < 1.29 is 18.3 Å². The molecule has 0 aliphatic carbocycles. The maximum atomic E-state index is 12.3. The van der Waals surface area contributed by atoms with E-state index in [0.29, 0.717) is 18.8 Å². The second-order valence-corrected chi connectivity index (χ2v) is 4.99. The average molecular weight is 317 g/mol. The zero-order valence-corrected chi connectivity index (χ0v) is 12.4. The summed E-state index contributed by atoms with van der Waals surface area (Å²) >= 11 is 0. The zero-order valence-electron chi connectivity index (χ0n) is 12.4. The van der Waals surface area contributed by atoms with E-state index in [1.165, 1.54) is 12.4 Å². The highest BCUT2D eigenvalue weighted by atomic mass is 19.4. The summed E-state index contributed by atoms with van der Waals surface area (Å²) in [6.07, 6.45) is -1.62. The summed E-state index contributed by atoms with van der Waals surface area (Å²) in [5.41, 5.74) is 3.21. The minimum atomic E-state index is -4.29. The number of aliphatic hydroxyl groups excluding tert-OH is 1. The Kier molecular flexibility index (Phi) is 4.74. The second-order valence-electron chi connectivity index (χ2n) is 4.99. The van der Waals surface area contributed by atoms with E-state index in [1.807, 2.05) is 13.8 Å². The highest BCUT2D eigenvalue weighted by Gasteiger charge is 2.28. The topological polar surface area (TPSA) is 67.9 Å². The molecule has 0 amide bonds. The Hall–Kier alpha value is -2.03. The SMILES string of the molecule is Cc1nn(CCO)c(C)c1CNc1cnn(CC(F)(F)F)c1. The maximum Gasteiger partial charge on any atom is 0.408 e. The number of rotatable bonds is 6. The summed E-state index contributed by atoms with van der Waals surface area (Å²) in [7, 11) is 0. The normalized spacial score (nSPS) is 11.9. The number of hydrogen-bond acceptors (Lipinski definition) is 4. The van der Waals surface area contributed by atoms with Gasteiger partial charge >= 0.3 is 6.18 Å². The van der Waals surface area contributed by atoms with Gasteiger partial charge in [-0.25, -0.2) is 0 Å². The van der Waals surface area contributed by atoms with Gasteiger partial charge in [0.25, 0.3) is 0 Å². The second kappa shape index (κ2) is 6.39. The average Bonchev–Trinajstić information content (AvgIpc) is 2.93. The first-order chi connectivity index (χ1) is 10.3. The van der Waals surface area contributed by atoms with Crippen LogP contribution in [0.2, 0.25) is 0 Å². The van der Waals surface area contributed by atoms with Crippen LogP contribution in [-0.4, -0.2) is 37.5 Å². The standard InChI is InChI=1S/C13H18F3N5O/c1-9-12(10(2)21(19-9)3-4-22)6-17-11-5-18-20(7-11)8-13(14,15)16/h5,7,17,22H,3-4,6,8H2,1-2H3. The van der Waals surface area contributed by atoms with Crippen LogP contribution in [0.1, 0.15) is 17.0 Å². The Morgan fingerprint density at radius 1 is 1.32 bits per heavy atom. The number of hydrogen-bond donors (Lipinski definition) is 2. The predicted octanol–water partition coefficient (Wildman–Crippen LogP) is 1.86. The van der Waals surface area contributed by atoms with Crippen molar-refractivity contribution in [3.8, 4) is 0 Å². The first-order valence-electron chi connectivity index (χ1n) is 6.77. The Bertz CT molecular complexity index is 632. The lowest BCUT2D eigenvalue weighted by molar-refractivity contribution is -0.142. The van der Waals surface area contributed by atoms with E-state index < -0.39 is 12.7 Å². The Morgan fingerprint density at radius 3 is 2.68 bits per heavy atom. The third-order valence-corrected chi connectivity index (χ3v) is 3.29. The van der Waals surface area contributed by atoms with Gasteiger partial charge in [0.15, 0.2) is 0 Å². The molecule has 0 unspecified atom stereocenters. The molecule has 0 aliphatic rings. The lowest BCUT2D eigenvalue weighted by Gasteiger charge is -2.06. The van der Waals surface area contributed by atoms with E-state index in [2.05, 4.69) is 15.5 Å². The lowest BCUT2D eigenvalue weighted by Crippen LogP contribution is -2.17. The van der Waals surface area contributed by atoms with E-state index in [9.17, 15) is 13.2 Å². The van der Waals surface area contributed by atoms with Gasteiger partial charge in [-0.2, -0.15) is 23.4 Å². The molecule has 2 heterocycles. The number of alkyl halides is 3. The van der Waals surface area contributed by atoms with E-state index >= 15 is 0 Å². The molecule has 2 rings (SSSR count). The molecule has 2 aromatic heterocycles. The maximum absolute atomic E-state index is 12.3. The molecule has 0 aromatic carbocycles. The number of nitrogens with one attached hydrogen (secondary N) is 1. The molecule has 9 heteroatoms. The predicted molar refractivity (Wildman–Crippen MR) is 74.4 cm³/mol. The molecule has 6 nitrogen and oxygen atoms in total. The molecule has 0 saturated heterocycles.